The molecule has 0 saturated heterocycles. The zero-order valence-electron chi connectivity index (χ0n) is 10.8. The van der Waals surface area contributed by atoms with Crippen molar-refractivity contribution in [1.29, 1.82) is 0 Å². The summed E-state index contributed by atoms with van der Waals surface area (Å²) in [7, 11) is 1.47. The summed E-state index contributed by atoms with van der Waals surface area (Å²) >= 11 is 0. The second-order valence-electron chi connectivity index (χ2n) is 4.73. The minimum atomic E-state index is -1.14. The van der Waals surface area contributed by atoms with Gasteiger partial charge in [-0.1, -0.05) is 6.07 Å². The second-order valence-corrected chi connectivity index (χ2v) is 4.73. The van der Waals surface area contributed by atoms with E-state index in [4.69, 9.17) is 9.84 Å². The Labute approximate surface area is 105 Å². The van der Waals surface area contributed by atoms with Crippen molar-refractivity contribution < 1.29 is 19.4 Å². The molecule has 0 aliphatic carbocycles. The summed E-state index contributed by atoms with van der Waals surface area (Å²) in [5, 5.41) is 8.82. The molecule has 0 unspecified atom stereocenters. The minimum absolute atomic E-state index is 0.122. The fourth-order valence-electron chi connectivity index (χ4n) is 1.15. The van der Waals surface area contributed by atoms with E-state index in [-0.39, 0.29) is 11.5 Å². The first-order chi connectivity index (χ1) is 8.20. The molecule has 0 aliphatic rings. The lowest BCUT2D eigenvalue weighted by molar-refractivity contribution is 0.0585. The number of aromatic nitrogens is 1. The molecule has 0 radical (unpaired) electrons. The van der Waals surface area contributed by atoms with Crippen LogP contribution in [0.15, 0.2) is 18.2 Å². The molecule has 6 heteroatoms. The third-order valence-electron chi connectivity index (χ3n) is 1.96. The van der Waals surface area contributed by atoms with Crippen molar-refractivity contribution in [2.45, 2.75) is 26.4 Å². The molecule has 1 aromatic heterocycles. The Hall–Kier alpha value is -2.11. The standard InChI is InChI=1S/C12H16N2O4/c1-12(2,3)18-11(17)14(4)9-7-5-6-8(13-9)10(15)16/h5-7H,1-4H3,(H,15,16). The molecule has 0 aliphatic heterocycles. The third kappa shape index (κ3) is 3.73. The van der Waals surface area contributed by atoms with Crippen LogP contribution in [0.5, 0.6) is 0 Å². The first-order valence-electron chi connectivity index (χ1n) is 5.38. The predicted octanol–water partition coefficient (Wildman–Crippen LogP) is 2.15. The Balaban J connectivity index is 2.90. The SMILES string of the molecule is CN(C(=O)OC(C)(C)C)c1cccc(C(=O)O)n1. The van der Waals surface area contributed by atoms with Gasteiger partial charge in [0.2, 0.25) is 0 Å². The van der Waals surface area contributed by atoms with Gasteiger partial charge >= 0.3 is 12.1 Å². The van der Waals surface area contributed by atoms with Crippen molar-refractivity contribution in [3.63, 3.8) is 0 Å². The lowest BCUT2D eigenvalue weighted by atomic mass is 10.2. The zero-order chi connectivity index (χ0) is 13.9. The number of anilines is 1. The fourth-order valence-corrected chi connectivity index (χ4v) is 1.15. The average molecular weight is 252 g/mol. The minimum Gasteiger partial charge on any atom is -0.477 e. The maximum atomic E-state index is 11.8. The first-order valence-corrected chi connectivity index (χ1v) is 5.38. The van der Waals surface area contributed by atoms with Gasteiger partial charge in [-0.2, -0.15) is 0 Å². The van der Waals surface area contributed by atoms with Crippen LogP contribution in [0, 0.1) is 0 Å². The molecule has 0 spiro atoms. The number of amides is 1. The van der Waals surface area contributed by atoms with E-state index >= 15 is 0 Å². The van der Waals surface area contributed by atoms with Crippen LogP contribution >= 0.6 is 0 Å². The van der Waals surface area contributed by atoms with Crippen LogP contribution in [0.3, 0.4) is 0 Å². The van der Waals surface area contributed by atoms with Gasteiger partial charge in [-0.15, -0.1) is 0 Å². The number of rotatable bonds is 2. The zero-order valence-corrected chi connectivity index (χ0v) is 10.8. The van der Waals surface area contributed by atoms with Gasteiger partial charge in [0.15, 0.2) is 5.69 Å². The first kappa shape index (κ1) is 14.0. The lowest BCUT2D eigenvalue weighted by Crippen LogP contribution is -2.34. The summed E-state index contributed by atoms with van der Waals surface area (Å²) in [5.74, 6) is -0.918. The number of aromatic carboxylic acids is 1. The van der Waals surface area contributed by atoms with Gasteiger partial charge in [0.25, 0.3) is 0 Å². The Morgan fingerprint density at radius 1 is 1.33 bits per heavy atom. The highest BCUT2D eigenvalue weighted by atomic mass is 16.6. The van der Waals surface area contributed by atoms with Crippen LogP contribution in [0.4, 0.5) is 10.6 Å². The van der Waals surface area contributed by atoms with Crippen molar-refractivity contribution in [2.75, 3.05) is 11.9 Å². The van der Waals surface area contributed by atoms with Crippen molar-refractivity contribution in [1.82, 2.24) is 4.98 Å². The van der Waals surface area contributed by atoms with Crippen LogP contribution in [0.25, 0.3) is 0 Å². The highest BCUT2D eigenvalue weighted by Gasteiger charge is 2.21. The molecule has 0 atom stereocenters. The van der Waals surface area contributed by atoms with Crippen molar-refractivity contribution in [3.05, 3.63) is 23.9 Å². The van der Waals surface area contributed by atoms with Crippen LogP contribution in [0.2, 0.25) is 0 Å². The van der Waals surface area contributed by atoms with Gasteiger partial charge in [-0.25, -0.2) is 14.6 Å². The predicted molar refractivity (Wildman–Crippen MR) is 65.8 cm³/mol. The smallest absolute Gasteiger partial charge is 0.415 e. The number of ether oxygens (including phenoxy) is 1. The van der Waals surface area contributed by atoms with Crippen LogP contribution in [0.1, 0.15) is 31.3 Å². The number of nitrogens with zero attached hydrogens (tertiary/aromatic N) is 2. The summed E-state index contributed by atoms with van der Waals surface area (Å²) < 4.78 is 5.15. The molecule has 0 aromatic carbocycles. The van der Waals surface area contributed by atoms with E-state index in [1.807, 2.05) is 0 Å². The van der Waals surface area contributed by atoms with E-state index in [9.17, 15) is 9.59 Å². The Morgan fingerprint density at radius 2 is 1.94 bits per heavy atom. The number of hydrogen-bond acceptors (Lipinski definition) is 4. The van der Waals surface area contributed by atoms with E-state index < -0.39 is 17.7 Å². The van der Waals surface area contributed by atoms with Gasteiger partial charge in [0, 0.05) is 7.05 Å². The Kier molecular flexibility index (Phi) is 3.90. The monoisotopic (exact) mass is 252 g/mol. The number of carbonyl (C=O) groups excluding carboxylic acids is 1. The van der Waals surface area contributed by atoms with E-state index in [0.717, 1.165) is 4.90 Å². The maximum absolute atomic E-state index is 11.8. The topological polar surface area (TPSA) is 79.7 Å². The molecule has 98 valence electrons. The quantitative estimate of drug-likeness (QED) is 0.872. The summed E-state index contributed by atoms with van der Waals surface area (Å²) in [6, 6.07) is 4.41. The molecular formula is C12H16N2O4. The van der Waals surface area contributed by atoms with Crippen LogP contribution in [-0.2, 0) is 4.74 Å². The van der Waals surface area contributed by atoms with E-state index in [1.165, 1.54) is 25.2 Å². The van der Waals surface area contributed by atoms with Gasteiger partial charge in [-0.05, 0) is 32.9 Å². The molecule has 1 aromatic rings. The second kappa shape index (κ2) is 5.03. The summed E-state index contributed by atoms with van der Waals surface area (Å²) in [5.41, 5.74) is -0.738. The van der Waals surface area contributed by atoms with Gasteiger partial charge in [0.1, 0.15) is 11.4 Å². The Bertz CT molecular complexity index is 465. The molecule has 0 saturated carbocycles. The molecule has 6 nitrogen and oxygen atoms in total. The molecule has 0 bridgehead atoms. The highest BCUT2D eigenvalue weighted by molar-refractivity contribution is 5.89. The molecule has 1 rings (SSSR count). The molecule has 1 amide bonds. The Morgan fingerprint density at radius 3 is 2.44 bits per heavy atom. The van der Waals surface area contributed by atoms with Crippen LogP contribution in [-0.4, -0.2) is 34.8 Å². The number of hydrogen-bond donors (Lipinski definition) is 1. The molecule has 1 N–H and O–H groups in total. The van der Waals surface area contributed by atoms with Gasteiger partial charge in [-0.3, -0.25) is 4.90 Å². The maximum Gasteiger partial charge on any atom is 0.415 e. The summed E-state index contributed by atoms with van der Waals surface area (Å²) in [6.45, 7) is 5.25. The van der Waals surface area contributed by atoms with Crippen LogP contribution < -0.4 is 4.90 Å². The van der Waals surface area contributed by atoms with Crippen molar-refractivity contribution >= 4 is 17.9 Å². The average Bonchev–Trinajstić information content (AvgIpc) is 2.26. The fraction of sp³-hybridized carbons (Fsp3) is 0.417. The molecule has 0 fully saturated rings. The van der Waals surface area contributed by atoms with Gasteiger partial charge in [0.05, 0.1) is 0 Å². The highest BCUT2D eigenvalue weighted by Crippen LogP contribution is 2.15. The number of carbonyl (C=O) groups is 2. The van der Waals surface area contributed by atoms with E-state index in [0.29, 0.717) is 0 Å². The van der Waals surface area contributed by atoms with E-state index in [2.05, 4.69) is 4.98 Å². The summed E-state index contributed by atoms with van der Waals surface area (Å²) in [6.07, 6.45) is -0.586. The molecular weight excluding hydrogens is 236 g/mol. The van der Waals surface area contributed by atoms with Crippen molar-refractivity contribution in [3.8, 4) is 0 Å². The number of carboxylic acid groups (broad SMARTS) is 1. The third-order valence-corrected chi connectivity index (χ3v) is 1.96. The summed E-state index contributed by atoms with van der Waals surface area (Å²) in [4.78, 5) is 27.5. The normalized spacial score (nSPS) is 10.9. The lowest BCUT2D eigenvalue weighted by Gasteiger charge is -2.24. The largest absolute Gasteiger partial charge is 0.477 e. The molecule has 18 heavy (non-hydrogen) atoms. The van der Waals surface area contributed by atoms with Crippen molar-refractivity contribution in [2.24, 2.45) is 0 Å². The van der Waals surface area contributed by atoms with E-state index in [1.54, 1.807) is 20.8 Å². The van der Waals surface area contributed by atoms with Gasteiger partial charge < -0.3 is 9.84 Å². The number of carboxylic acids is 1. The molecule has 1 heterocycles. The number of pyridine rings is 1.